The number of hydrogen-bond acceptors (Lipinski definition) is 6. The van der Waals surface area contributed by atoms with E-state index in [0.29, 0.717) is 23.8 Å². The Morgan fingerprint density at radius 2 is 1.74 bits per heavy atom. The highest BCUT2D eigenvalue weighted by atomic mass is 16.5. The number of aromatic hydroxyl groups is 1. The highest BCUT2D eigenvalue weighted by Gasteiger charge is 2.19. The molecule has 0 aliphatic heterocycles. The zero-order chi connectivity index (χ0) is 22.5. The molecule has 0 aliphatic carbocycles. The van der Waals surface area contributed by atoms with Crippen LogP contribution in [-0.2, 0) is 6.54 Å². The number of benzene rings is 2. The van der Waals surface area contributed by atoms with Crippen molar-refractivity contribution in [3.05, 3.63) is 41.5 Å². The van der Waals surface area contributed by atoms with Gasteiger partial charge in [-0.05, 0) is 37.6 Å². The van der Waals surface area contributed by atoms with Gasteiger partial charge >= 0.3 is 0 Å². The lowest BCUT2D eigenvalue weighted by atomic mass is 10.1. The van der Waals surface area contributed by atoms with E-state index in [1.807, 2.05) is 25.1 Å². The first-order chi connectivity index (χ1) is 14.9. The van der Waals surface area contributed by atoms with Gasteiger partial charge in [0.2, 0.25) is 11.6 Å². The minimum Gasteiger partial charge on any atom is -0.493 e. The summed E-state index contributed by atoms with van der Waals surface area (Å²) in [4.78, 5) is 12.7. The molecule has 0 bridgehead atoms. The van der Waals surface area contributed by atoms with Crippen molar-refractivity contribution < 1.29 is 24.1 Å². The van der Waals surface area contributed by atoms with Gasteiger partial charge < -0.3 is 23.9 Å². The Morgan fingerprint density at radius 3 is 2.32 bits per heavy atom. The fraction of sp³-hybridized carbons (Fsp3) is 0.348. The second-order valence-electron chi connectivity index (χ2n) is 7.12. The highest BCUT2D eigenvalue weighted by molar-refractivity contribution is 5.98. The molecule has 0 radical (unpaired) electrons. The van der Waals surface area contributed by atoms with Crippen LogP contribution in [0, 0.1) is 6.92 Å². The number of methoxy groups -OCH3 is 3. The van der Waals surface area contributed by atoms with Crippen molar-refractivity contribution in [3.63, 3.8) is 0 Å². The number of carbonyl (C=O) groups excluding carboxylic acids is 1. The molecule has 3 aromatic rings. The summed E-state index contributed by atoms with van der Waals surface area (Å²) in [6, 6.07) is 8.87. The van der Waals surface area contributed by atoms with E-state index < -0.39 is 5.91 Å². The average molecular weight is 425 g/mol. The van der Waals surface area contributed by atoms with Crippen molar-refractivity contribution in [1.29, 1.82) is 0 Å². The summed E-state index contributed by atoms with van der Waals surface area (Å²) in [6.07, 6.45) is 1.90. The summed E-state index contributed by atoms with van der Waals surface area (Å²) in [5.74, 6) is 0.465. The quantitative estimate of drug-likeness (QED) is 0.487. The van der Waals surface area contributed by atoms with Crippen LogP contribution in [0.15, 0.2) is 40.6 Å². The monoisotopic (exact) mass is 425 g/mol. The first kappa shape index (κ1) is 22.1. The third kappa shape index (κ3) is 4.33. The Morgan fingerprint density at radius 1 is 1.06 bits per heavy atom. The number of aromatic nitrogens is 1. The van der Waals surface area contributed by atoms with Gasteiger partial charge in [0.1, 0.15) is 0 Å². The van der Waals surface area contributed by atoms with Crippen molar-refractivity contribution >= 4 is 22.5 Å². The molecule has 8 heteroatoms. The Kier molecular flexibility index (Phi) is 6.79. The van der Waals surface area contributed by atoms with E-state index >= 15 is 0 Å². The molecular formula is C23H27N3O5. The van der Waals surface area contributed by atoms with Crippen molar-refractivity contribution in [1.82, 2.24) is 4.57 Å². The lowest BCUT2D eigenvalue weighted by Gasteiger charge is -2.12. The number of unbranched alkanes of at least 4 members (excludes halogenated alkanes) is 1. The van der Waals surface area contributed by atoms with E-state index in [2.05, 4.69) is 17.2 Å². The molecule has 0 saturated heterocycles. The van der Waals surface area contributed by atoms with Gasteiger partial charge in [0.15, 0.2) is 17.2 Å². The zero-order valence-corrected chi connectivity index (χ0v) is 18.4. The number of azo groups is 1. The first-order valence-electron chi connectivity index (χ1n) is 10.0. The second-order valence-corrected chi connectivity index (χ2v) is 7.12. The fourth-order valence-corrected chi connectivity index (χ4v) is 3.44. The van der Waals surface area contributed by atoms with Gasteiger partial charge in [-0.3, -0.25) is 4.79 Å². The van der Waals surface area contributed by atoms with E-state index in [9.17, 15) is 9.90 Å². The summed E-state index contributed by atoms with van der Waals surface area (Å²) >= 11 is 0. The van der Waals surface area contributed by atoms with Crippen LogP contribution in [0.2, 0.25) is 0 Å². The lowest BCUT2D eigenvalue weighted by Crippen LogP contribution is -2.00. The molecule has 0 aliphatic rings. The maximum atomic E-state index is 12.7. The summed E-state index contributed by atoms with van der Waals surface area (Å²) in [6.45, 7) is 4.70. The van der Waals surface area contributed by atoms with Crippen LogP contribution >= 0.6 is 0 Å². The van der Waals surface area contributed by atoms with Gasteiger partial charge in [0.25, 0.3) is 5.91 Å². The smallest absolute Gasteiger partial charge is 0.295 e. The number of fused-ring (bicyclic) bond motifs is 1. The molecule has 0 fully saturated rings. The molecule has 31 heavy (non-hydrogen) atoms. The van der Waals surface area contributed by atoms with Crippen LogP contribution in [-0.4, -0.2) is 36.9 Å². The van der Waals surface area contributed by atoms with Gasteiger partial charge in [0, 0.05) is 11.9 Å². The largest absolute Gasteiger partial charge is 0.493 e. The lowest BCUT2D eigenvalue weighted by molar-refractivity contribution is 0.0994. The normalized spacial score (nSPS) is 11.3. The molecule has 0 spiro atoms. The summed E-state index contributed by atoms with van der Waals surface area (Å²) in [7, 11) is 4.43. The van der Waals surface area contributed by atoms with Crippen molar-refractivity contribution in [2.75, 3.05) is 21.3 Å². The van der Waals surface area contributed by atoms with Crippen molar-refractivity contribution in [3.8, 4) is 23.1 Å². The van der Waals surface area contributed by atoms with Crippen molar-refractivity contribution in [2.45, 2.75) is 33.2 Å². The summed E-state index contributed by atoms with van der Waals surface area (Å²) in [5.41, 5.74) is 2.37. The minimum absolute atomic E-state index is 0.00417. The van der Waals surface area contributed by atoms with E-state index in [1.54, 1.807) is 4.57 Å². The number of rotatable bonds is 8. The molecule has 2 aromatic carbocycles. The molecular weight excluding hydrogens is 398 g/mol. The Bertz CT molecular complexity index is 1110. The molecule has 1 amide bonds. The summed E-state index contributed by atoms with van der Waals surface area (Å²) in [5, 5.41) is 19.5. The molecule has 1 heterocycles. The van der Waals surface area contributed by atoms with Crippen LogP contribution in [0.25, 0.3) is 10.9 Å². The number of nitrogens with zero attached hydrogens (tertiary/aromatic N) is 3. The molecule has 1 aromatic heterocycles. The van der Waals surface area contributed by atoms with Crippen LogP contribution in [0.5, 0.6) is 23.1 Å². The Hall–Kier alpha value is -3.55. The molecule has 0 unspecified atom stereocenters. The number of aryl methyl sites for hydroxylation is 2. The number of hydrogen-bond donors (Lipinski definition) is 1. The van der Waals surface area contributed by atoms with E-state index in [-0.39, 0.29) is 17.1 Å². The molecule has 0 saturated carbocycles. The predicted molar refractivity (Wildman–Crippen MR) is 118 cm³/mol. The first-order valence-corrected chi connectivity index (χ1v) is 10.0. The van der Waals surface area contributed by atoms with Gasteiger partial charge in [0.05, 0.1) is 32.4 Å². The minimum atomic E-state index is -0.597. The number of amides is 1. The molecule has 164 valence electrons. The highest BCUT2D eigenvalue weighted by Crippen LogP contribution is 2.41. The Labute approximate surface area is 181 Å². The fourth-order valence-electron chi connectivity index (χ4n) is 3.44. The van der Waals surface area contributed by atoms with Crippen LogP contribution in [0.4, 0.5) is 5.69 Å². The molecule has 0 atom stereocenters. The summed E-state index contributed by atoms with van der Waals surface area (Å²) < 4.78 is 17.7. The van der Waals surface area contributed by atoms with E-state index in [1.165, 1.54) is 33.5 Å². The molecule has 1 N–H and O–H groups in total. The third-order valence-corrected chi connectivity index (χ3v) is 5.05. The SMILES string of the molecule is CCCCn1c(O)c(N=NC(=O)c2cc(OC)c(OC)c(OC)c2)c2cc(C)ccc21. The van der Waals surface area contributed by atoms with Gasteiger partial charge in [-0.15, -0.1) is 10.2 Å². The maximum Gasteiger partial charge on any atom is 0.295 e. The van der Waals surface area contributed by atoms with Crippen LogP contribution in [0.1, 0.15) is 35.7 Å². The average Bonchev–Trinajstić information content (AvgIpc) is 3.04. The number of carbonyl (C=O) groups is 1. The molecule has 3 rings (SSSR count). The maximum absolute atomic E-state index is 12.7. The van der Waals surface area contributed by atoms with E-state index in [0.717, 1.165) is 29.3 Å². The third-order valence-electron chi connectivity index (χ3n) is 5.05. The number of ether oxygens (including phenoxy) is 3. The van der Waals surface area contributed by atoms with Crippen LogP contribution < -0.4 is 14.2 Å². The zero-order valence-electron chi connectivity index (χ0n) is 18.4. The van der Waals surface area contributed by atoms with Crippen molar-refractivity contribution in [2.24, 2.45) is 10.2 Å². The topological polar surface area (TPSA) is 94.6 Å². The molecule has 8 nitrogen and oxygen atoms in total. The van der Waals surface area contributed by atoms with Gasteiger partial charge in [-0.1, -0.05) is 25.0 Å². The Balaban J connectivity index is 2.03. The van der Waals surface area contributed by atoms with Crippen LogP contribution in [0.3, 0.4) is 0 Å². The van der Waals surface area contributed by atoms with E-state index in [4.69, 9.17) is 14.2 Å². The van der Waals surface area contributed by atoms with Gasteiger partial charge in [-0.2, -0.15) is 0 Å². The second kappa shape index (κ2) is 9.51. The standard InChI is InChI=1S/C23H27N3O5/c1-6-7-10-26-17-9-8-14(2)11-16(17)20(23(26)28)24-25-22(27)15-12-18(29-3)21(31-5)19(13-15)30-4/h8-9,11-13,28H,6-7,10H2,1-5H3. The predicted octanol–water partition coefficient (Wildman–Crippen LogP) is 5.41. The van der Waals surface area contributed by atoms with Gasteiger partial charge in [-0.25, -0.2) is 0 Å².